The molecule has 1 fully saturated rings. The van der Waals surface area contributed by atoms with Gasteiger partial charge in [0.25, 0.3) is 5.91 Å². The lowest BCUT2D eigenvalue weighted by atomic mass is 10.1. The Kier molecular flexibility index (Phi) is 4.11. The normalized spacial score (nSPS) is 14.2. The van der Waals surface area contributed by atoms with Crippen molar-refractivity contribution >= 4 is 17.5 Å². The summed E-state index contributed by atoms with van der Waals surface area (Å²) in [4.78, 5) is 22.6. The molecule has 102 valence electrons. The zero-order valence-corrected chi connectivity index (χ0v) is 10.4. The summed E-state index contributed by atoms with van der Waals surface area (Å²) in [5.41, 5.74) is 5.17. The molecule has 1 aromatic rings. The number of benzene rings is 1. The SMILES string of the molecule is NC(=O)c1cc(NC(=O)CCNC2CC2)ccc1F. The van der Waals surface area contributed by atoms with Gasteiger partial charge in [-0.3, -0.25) is 9.59 Å². The highest BCUT2D eigenvalue weighted by molar-refractivity contribution is 5.96. The number of anilines is 1. The van der Waals surface area contributed by atoms with Gasteiger partial charge in [-0.25, -0.2) is 4.39 Å². The van der Waals surface area contributed by atoms with Gasteiger partial charge in [0.2, 0.25) is 5.91 Å². The van der Waals surface area contributed by atoms with Crippen LogP contribution in [0.4, 0.5) is 10.1 Å². The number of hydrogen-bond acceptors (Lipinski definition) is 3. The third kappa shape index (κ3) is 4.03. The van der Waals surface area contributed by atoms with E-state index in [0.717, 1.165) is 6.07 Å². The van der Waals surface area contributed by atoms with Crippen LogP contribution in [0.15, 0.2) is 18.2 Å². The van der Waals surface area contributed by atoms with Crippen LogP contribution in [0.2, 0.25) is 0 Å². The predicted molar refractivity (Wildman–Crippen MR) is 69.2 cm³/mol. The van der Waals surface area contributed by atoms with Crippen LogP contribution in [0.1, 0.15) is 29.6 Å². The van der Waals surface area contributed by atoms with Crippen molar-refractivity contribution in [3.05, 3.63) is 29.6 Å². The van der Waals surface area contributed by atoms with Crippen molar-refractivity contribution in [2.45, 2.75) is 25.3 Å². The largest absolute Gasteiger partial charge is 0.366 e. The molecular formula is C13H16FN3O2. The maximum absolute atomic E-state index is 13.2. The first-order valence-electron chi connectivity index (χ1n) is 6.19. The lowest BCUT2D eigenvalue weighted by Gasteiger charge is -2.07. The van der Waals surface area contributed by atoms with E-state index in [1.54, 1.807) is 0 Å². The van der Waals surface area contributed by atoms with Gasteiger partial charge >= 0.3 is 0 Å². The van der Waals surface area contributed by atoms with Gasteiger partial charge in [-0.1, -0.05) is 0 Å². The number of amides is 2. The number of halogens is 1. The van der Waals surface area contributed by atoms with Crippen molar-refractivity contribution in [2.24, 2.45) is 5.73 Å². The van der Waals surface area contributed by atoms with Gasteiger partial charge in [-0.15, -0.1) is 0 Å². The molecule has 0 bridgehead atoms. The fraction of sp³-hybridized carbons (Fsp3) is 0.385. The average molecular weight is 265 g/mol. The van der Waals surface area contributed by atoms with Crippen molar-refractivity contribution < 1.29 is 14.0 Å². The minimum absolute atomic E-state index is 0.185. The highest BCUT2D eigenvalue weighted by atomic mass is 19.1. The maximum Gasteiger partial charge on any atom is 0.251 e. The maximum atomic E-state index is 13.2. The van der Waals surface area contributed by atoms with Crippen molar-refractivity contribution in [3.8, 4) is 0 Å². The Balaban J connectivity index is 1.88. The van der Waals surface area contributed by atoms with Gasteiger partial charge in [0.05, 0.1) is 5.56 Å². The second-order valence-corrected chi connectivity index (χ2v) is 4.59. The highest BCUT2D eigenvalue weighted by Gasteiger charge is 2.20. The molecule has 0 saturated heterocycles. The monoisotopic (exact) mass is 265 g/mol. The molecule has 0 aromatic heterocycles. The third-order valence-corrected chi connectivity index (χ3v) is 2.88. The molecule has 19 heavy (non-hydrogen) atoms. The molecule has 0 atom stereocenters. The smallest absolute Gasteiger partial charge is 0.251 e. The topological polar surface area (TPSA) is 84.2 Å². The number of nitrogens with two attached hydrogens (primary N) is 1. The number of carbonyl (C=O) groups is 2. The van der Waals surface area contributed by atoms with E-state index >= 15 is 0 Å². The summed E-state index contributed by atoms with van der Waals surface area (Å²) < 4.78 is 13.2. The van der Waals surface area contributed by atoms with Gasteiger partial charge in [0.1, 0.15) is 5.82 Å². The van der Waals surface area contributed by atoms with Crippen LogP contribution in [0, 0.1) is 5.82 Å². The van der Waals surface area contributed by atoms with Gasteiger partial charge < -0.3 is 16.4 Å². The number of carbonyl (C=O) groups excluding carboxylic acids is 2. The van der Waals surface area contributed by atoms with Crippen molar-refractivity contribution in [3.63, 3.8) is 0 Å². The Bertz CT molecular complexity index is 501. The molecular weight excluding hydrogens is 249 g/mol. The van der Waals surface area contributed by atoms with Gasteiger partial charge in [-0.05, 0) is 31.0 Å². The Hall–Kier alpha value is -1.95. The Morgan fingerprint density at radius 2 is 2.11 bits per heavy atom. The van der Waals surface area contributed by atoms with E-state index in [9.17, 15) is 14.0 Å². The zero-order chi connectivity index (χ0) is 13.8. The average Bonchev–Trinajstić information content (AvgIpc) is 3.15. The summed E-state index contributed by atoms with van der Waals surface area (Å²) in [7, 11) is 0. The fourth-order valence-corrected chi connectivity index (χ4v) is 1.69. The molecule has 1 aliphatic carbocycles. The molecule has 1 saturated carbocycles. The summed E-state index contributed by atoms with van der Waals surface area (Å²) in [6, 6.07) is 4.30. The van der Waals surface area contributed by atoms with Crippen LogP contribution in [0.5, 0.6) is 0 Å². The van der Waals surface area contributed by atoms with E-state index < -0.39 is 11.7 Å². The lowest BCUT2D eigenvalue weighted by Crippen LogP contribution is -2.23. The first-order valence-corrected chi connectivity index (χ1v) is 6.19. The van der Waals surface area contributed by atoms with E-state index in [4.69, 9.17) is 5.73 Å². The zero-order valence-electron chi connectivity index (χ0n) is 10.4. The van der Waals surface area contributed by atoms with Gasteiger partial charge in [0.15, 0.2) is 0 Å². The molecule has 6 heteroatoms. The van der Waals surface area contributed by atoms with Crippen LogP contribution >= 0.6 is 0 Å². The first-order chi connectivity index (χ1) is 9.06. The number of nitrogens with one attached hydrogen (secondary N) is 2. The lowest BCUT2D eigenvalue weighted by molar-refractivity contribution is -0.116. The molecule has 0 unspecified atom stereocenters. The molecule has 5 nitrogen and oxygen atoms in total. The van der Waals surface area contributed by atoms with Crippen molar-refractivity contribution in [2.75, 3.05) is 11.9 Å². The summed E-state index contributed by atoms with van der Waals surface area (Å²) in [5.74, 6) is -1.74. The predicted octanol–water partition coefficient (Wildman–Crippen LogP) is 1.01. The van der Waals surface area contributed by atoms with Gasteiger partial charge in [0, 0.05) is 24.7 Å². The highest BCUT2D eigenvalue weighted by Crippen LogP contribution is 2.18. The molecule has 0 radical (unpaired) electrons. The molecule has 4 N–H and O–H groups in total. The molecule has 0 spiro atoms. The molecule has 1 aromatic carbocycles. The Morgan fingerprint density at radius 1 is 1.37 bits per heavy atom. The van der Waals surface area contributed by atoms with Crippen molar-refractivity contribution in [1.82, 2.24) is 5.32 Å². The number of hydrogen-bond donors (Lipinski definition) is 3. The summed E-state index contributed by atoms with van der Waals surface area (Å²) >= 11 is 0. The summed E-state index contributed by atoms with van der Waals surface area (Å²) in [6.07, 6.45) is 2.67. The van der Waals surface area contributed by atoms with Crippen LogP contribution in [0.3, 0.4) is 0 Å². The van der Waals surface area contributed by atoms with E-state index in [1.165, 1.54) is 25.0 Å². The molecule has 2 rings (SSSR count). The standard InChI is InChI=1S/C13H16FN3O2/c14-11-4-3-9(7-10(11)13(15)19)17-12(18)5-6-16-8-1-2-8/h3-4,7-8,16H,1-2,5-6H2,(H2,15,19)(H,17,18). The molecule has 0 heterocycles. The summed E-state index contributed by atoms with van der Waals surface area (Å²) in [6.45, 7) is 0.611. The minimum Gasteiger partial charge on any atom is -0.366 e. The molecule has 2 amide bonds. The number of primary amides is 1. The van der Waals surface area contributed by atoms with Crippen LogP contribution < -0.4 is 16.4 Å². The number of rotatable bonds is 6. The summed E-state index contributed by atoms with van der Waals surface area (Å²) in [5, 5.41) is 5.82. The van der Waals surface area contributed by atoms with Crippen LogP contribution in [-0.2, 0) is 4.79 Å². The third-order valence-electron chi connectivity index (χ3n) is 2.88. The quantitative estimate of drug-likeness (QED) is 0.717. The second kappa shape index (κ2) is 5.79. The minimum atomic E-state index is -0.857. The Morgan fingerprint density at radius 3 is 2.74 bits per heavy atom. The van der Waals surface area contributed by atoms with E-state index in [0.29, 0.717) is 24.7 Å². The van der Waals surface area contributed by atoms with Crippen molar-refractivity contribution in [1.29, 1.82) is 0 Å². The first kappa shape index (κ1) is 13.5. The molecule has 1 aliphatic rings. The van der Waals surface area contributed by atoms with E-state index in [1.807, 2.05) is 0 Å². The van der Waals surface area contributed by atoms with Gasteiger partial charge in [-0.2, -0.15) is 0 Å². The fourth-order valence-electron chi connectivity index (χ4n) is 1.69. The van der Waals surface area contributed by atoms with E-state index in [2.05, 4.69) is 10.6 Å². The second-order valence-electron chi connectivity index (χ2n) is 4.59. The van der Waals surface area contributed by atoms with Crippen LogP contribution in [0.25, 0.3) is 0 Å². The van der Waals surface area contributed by atoms with Crippen LogP contribution in [-0.4, -0.2) is 24.4 Å². The Labute approximate surface area is 110 Å². The molecule has 0 aliphatic heterocycles. The van der Waals surface area contributed by atoms with E-state index in [-0.39, 0.29) is 11.5 Å².